The number of amidine groups is 1. The van der Waals surface area contributed by atoms with Crippen molar-refractivity contribution >= 4 is 5.84 Å². The largest absolute Gasteiger partial charge is 0.496 e. The standard InChI is InChI=1S/C14H21N3O4/c1-20-13-3-2-10(14(15)16-19)6-11(13)7-17-4-5-21-9-12(17)8-18/h2-3,6,12,18-19H,4-5,7-9H2,1H3,(H2,15,16). The molecule has 1 heterocycles. The lowest BCUT2D eigenvalue weighted by Gasteiger charge is -2.34. The molecule has 2 rings (SSSR count). The van der Waals surface area contributed by atoms with Gasteiger partial charge in [-0.05, 0) is 18.2 Å². The molecule has 1 saturated heterocycles. The molecule has 0 aromatic heterocycles. The summed E-state index contributed by atoms with van der Waals surface area (Å²) in [7, 11) is 1.60. The molecule has 1 aliphatic rings. The third-order valence-electron chi connectivity index (χ3n) is 3.62. The van der Waals surface area contributed by atoms with Crippen molar-refractivity contribution in [3.8, 4) is 5.75 Å². The number of methoxy groups -OCH3 is 1. The molecule has 4 N–H and O–H groups in total. The van der Waals surface area contributed by atoms with E-state index in [0.29, 0.717) is 25.3 Å². The highest BCUT2D eigenvalue weighted by atomic mass is 16.5. The normalized spacial score (nSPS) is 20.5. The van der Waals surface area contributed by atoms with Crippen LogP contribution in [0.5, 0.6) is 5.75 Å². The zero-order valence-electron chi connectivity index (χ0n) is 12.0. The molecular formula is C14H21N3O4. The Hall–Kier alpha value is -1.83. The first-order valence-corrected chi connectivity index (χ1v) is 6.77. The lowest BCUT2D eigenvalue weighted by Crippen LogP contribution is -2.46. The van der Waals surface area contributed by atoms with Gasteiger partial charge in [-0.15, -0.1) is 0 Å². The molecule has 7 heteroatoms. The maximum absolute atomic E-state index is 9.42. The van der Waals surface area contributed by atoms with Crippen molar-refractivity contribution in [3.05, 3.63) is 29.3 Å². The molecule has 1 atom stereocenters. The minimum atomic E-state index is -0.0315. The first kappa shape index (κ1) is 15.6. The number of nitrogens with two attached hydrogens (primary N) is 1. The number of oxime groups is 1. The number of nitrogens with zero attached hydrogens (tertiary/aromatic N) is 2. The van der Waals surface area contributed by atoms with Crippen LogP contribution in [0, 0.1) is 0 Å². The summed E-state index contributed by atoms with van der Waals surface area (Å²) in [6.45, 7) is 2.53. The predicted molar refractivity (Wildman–Crippen MR) is 77.6 cm³/mol. The van der Waals surface area contributed by atoms with Gasteiger partial charge in [0, 0.05) is 24.2 Å². The van der Waals surface area contributed by atoms with Crippen LogP contribution in [0.25, 0.3) is 0 Å². The highest BCUT2D eigenvalue weighted by Crippen LogP contribution is 2.23. The average molecular weight is 295 g/mol. The maximum Gasteiger partial charge on any atom is 0.170 e. The molecule has 0 amide bonds. The third kappa shape index (κ3) is 3.63. The average Bonchev–Trinajstić information content (AvgIpc) is 2.54. The van der Waals surface area contributed by atoms with E-state index >= 15 is 0 Å². The third-order valence-corrected chi connectivity index (χ3v) is 3.62. The van der Waals surface area contributed by atoms with Crippen LogP contribution < -0.4 is 10.5 Å². The molecule has 0 bridgehead atoms. The van der Waals surface area contributed by atoms with E-state index in [4.69, 9.17) is 20.4 Å². The molecule has 1 aliphatic heterocycles. The topological polar surface area (TPSA) is 101 Å². The van der Waals surface area contributed by atoms with Crippen molar-refractivity contribution in [1.29, 1.82) is 0 Å². The molecule has 0 saturated carbocycles. The minimum Gasteiger partial charge on any atom is -0.496 e. The van der Waals surface area contributed by atoms with E-state index in [-0.39, 0.29) is 18.5 Å². The minimum absolute atomic E-state index is 0.0315. The lowest BCUT2D eigenvalue weighted by molar-refractivity contribution is -0.0314. The lowest BCUT2D eigenvalue weighted by atomic mass is 10.1. The Morgan fingerprint density at radius 1 is 1.57 bits per heavy atom. The summed E-state index contributed by atoms with van der Waals surface area (Å²) in [6.07, 6.45) is 0. The summed E-state index contributed by atoms with van der Waals surface area (Å²) in [6, 6.07) is 5.32. The highest BCUT2D eigenvalue weighted by Gasteiger charge is 2.23. The van der Waals surface area contributed by atoms with Gasteiger partial charge in [-0.25, -0.2) is 0 Å². The molecular weight excluding hydrogens is 274 g/mol. The first-order valence-electron chi connectivity index (χ1n) is 6.77. The molecule has 1 unspecified atom stereocenters. The molecule has 0 spiro atoms. The van der Waals surface area contributed by atoms with E-state index in [2.05, 4.69) is 10.1 Å². The quantitative estimate of drug-likeness (QED) is 0.305. The van der Waals surface area contributed by atoms with Crippen LogP contribution in [-0.2, 0) is 11.3 Å². The van der Waals surface area contributed by atoms with E-state index in [1.54, 1.807) is 19.2 Å². The van der Waals surface area contributed by atoms with Crippen LogP contribution in [0.1, 0.15) is 11.1 Å². The van der Waals surface area contributed by atoms with E-state index in [1.165, 1.54) is 0 Å². The number of morpholine rings is 1. The van der Waals surface area contributed by atoms with Gasteiger partial charge < -0.3 is 25.5 Å². The van der Waals surface area contributed by atoms with Gasteiger partial charge in [-0.1, -0.05) is 5.16 Å². The number of aliphatic hydroxyl groups excluding tert-OH is 1. The molecule has 21 heavy (non-hydrogen) atoms. The van der Waals surface area contributed by atoms with Crippen molar-refractivity contribution in [2.75, 3.05) is 33.5 Å². The summed E-state index contributed by atoms with van der Waals surface area (Å²) in [5.41, 5.74) is 7.17. The van der Waals surface area contributed by atoms with Gasteiger partial charge in [0.25, 0.3) is 0 Å². The zero-order valence-corrected chi connectivity index (χ0v) is 12.0. The Morgan fingerprint density at radius 2 is 2.38 bits per heavy atom. The summed E-state index contributed by atoms with van der Waals surface area (Å²) >= 11 is 0. The summed E-state index contributed by atoms with van der Waals surface area (Å²) in [4.78, 5) is 2.14. The Kier molecular flexibility index (Phi) is 5.38. The zero-order chi connectivity index (χ0) is 15.2. The van der Waals surface area contributed by atoms with Crippen LogP contribution in [0.4, 0.5) is 0 Å². The number of aliphatic hydroxyl groups is 1. The Balaban J connectivity index is 2.24. The van der Waals surface area contributed by atoms with Gasteiger partial charge in [0.05, 0.1) is 33.0 Å². The fourth-order valence-corrected chi connectivity index (χ4v) is 2.40. The van der Waals surface area contributed by atoms with Crippen molar-refractivity contribution in [3.63, 3.8) is 0 Å². The second-order valence-corrected chi connectivity index (χ2v) is 4.89. The van der Waals surface area contributed by atoms with Crippen molar-refractivity contribution in [1.82, 2.24) is 4.90 Å². The fraction of sp³-hybridized carbons (Fsp3) is 0.500. The van der Waals surface area contributed by atoms with Gasteiger partial charge in [0.1, 0.15) is 5.75 Å². The van der Waals surface area contributed by atoms with Crippen molar-refractivity contribution < 1.29 is 19.8 Å². The molecule has 1 aromatic rings. The number of rotatable bonds is 5. The van der Waals surface area contributed by atoms with Crippen LogP contribution in [-0.4, -0.2) is 60.6 Å². The Morgan fingerprint density at radius 3 is 3.05 bits per heavy atom. The number of hydrogen-bond acceptors (Lipinski definition) is 6. The Labute approximate surface area is 123 Å². The van der Waals surface area contributed by atoms with E-state index < -0.39 is 0 Å². The van der Waals surface area contributed by atoms with E-state index in [9.17, 15) is 5.11 Å². The molecule has 1 aromatic carbocycles. The summed E-state index contributed by atoms with van der Waals surface area (Å²) < 4.78 is 10.7. The molecule has 0 radical (unpaired) electrons. The van der Waals surface area contributed by atoms with Gasteiger partial charge in [-0.3, -0.25) is 4.90 Å². The van der Waals surface area contributed by atoms with Gasteiger partial charge in [0.2, 0.25) is 0 Å². The predicted octanol–water partition coefficient (Wildman–Crippen LogP) is -0.0172. The van der Waals surface area contributed by atoms with Gasteiger partial charge in [-0.2, -0.15) is 0 Å². The second-order valence-electron chi connectivity index (χ2n) is 4.89. The van der Waals surface area contributed by atoms with E-state index in [1.807, 2.05) is 6.07 Å². The molecule has 116 valence electrons. The van der Waals surface area contributed by atoms with E-state index in [0.717, 1.165) is 17.9 Å². The second kappa shape index (κ2) is 7.26. The van der Waals surface area contributed by atoms with Crippen LogP contribution >= 0.6 is 0 Å². The number of ether oxygens (including phenoxy) is 2. The fourth-order valence-electron chi connectivity index (χ4n) is 2.40. The maximum atomic E-state index is 9.42. The van der Waals surface area contributed by atoms with Crippen LogP contribution in [0.2, 0.25) is 0 Å². The number of hydrogen-bond donors (Lipinski definition) is 3. The Bertz CT molecular complexity index is 507. The number of benzene rings is 1. The molecule has 7 nitrogen and oxygen atoms in total. The van der Waals surface area contributed by atoms with Gasteiger partial charge in [0.15, 0.2) is 5.84 Å². The molecule has 1 fully saturated rings. The highest BCUT2D eigenvalue weighted by molar-refractivity contribution is 5.97. The monoisotopic (exact) mass is 295 g/mol. The molecule has 0 aliphatic carbocycles. The summed E-state index contributed by atoms with van der Waals surface area (Å²) in [5, 5.41) is 21.2. The SMILES string of the molecule is COc1ccc(/C(N)=N/O)cc1CN1CCOCC1CO. The summed E-state index contributed by atoms with van der Waals surface area (Å²) in [5.74, 6) is 0.785. The van der Waals surface area contributed by atoms with Gasteiger partial charge >= 0.3 is 0 Å². The van der Waals surface area contributed by atoms with Crippen LogP contribution in [0.15, 0.2) is 23.4 Å². The smallest absolute Gasteiger partial charge is 0.170 e. The first-order chi connectivity index (χ1) is 10.2. The van der Waals surface area contributed by atoms with Crippen molar-refractivity contribution in [2.24, 2.45) is 10.9 Å². The van der Waals surface area contributed by atoms with Crippen LogP contribution in [0.3, 0.4) is 0 Å². The van der Waals surface area contributed by atoms with Crippen molar-refractivity contribution in [2.45, 2.75) is 12.6 Å².